The summed E-state index contributed by atoms with van der Waals surface area (Å²) in [6.45, 7) is 2.17. The maximum absolute atomic E-state index is 12.9. The van der Waals surface area contributed by atoms with Gasteiger partial charge in [0, 0.05) is 24.2 Å². The van der Waals surface area contributed by atoms with Gasteiger partial charge in [-0.15, -0.1) is 0 Å². The Morgan fingerprint density at radius 1 is 1.12 bits per heavy atom. The number of nitrogens with zero attached hydrogens (tertiary/aromatic N) is 2. The largest absolute Gasteiger partial charge is 0.289 e. The van der Waals surface area contributed by atoms with Crippen molar-refractivity contribution in [3.8, 4) is 0 Å². The van der Waals surface area contributed by atoms with E-state index in [1.54, 1.807) is 6.92 Å². The summed E-state index contributed by atoms with van der Waals surface area (Å²) in [5, 5.41) is 0.243. The van der Waals surface area contributed by atoms with E-state index in [0.29, 0.717) is 23.4 Å². The van der Waals surface area contributed by atoms with Crippen LogP contribution in [0.25, 0.3) is 0 Å². The van der Waals surface area contributed by atoms with Crippen LogP contribution < -0.4 is 0 Å². The molecule has 6 nitrogen and oxygen atoms in total. The molecule has 2 amide bonds. The van der Waals surface area contributed by atoms with Crippen molar-refractivity contribution in [3.05, 3.63) is 27.7 Å². The Hall–Kier alpha value is -0.800. The number of benzene rings is 1. The van der Waals surface area contributed by atoms with Crippen LogP contribution in [0.5, 0.6) is 0 Å². The maximum atomic E-state index is 12.9. The Kier molecular flexibility index (Phi) is 5.37. The first kappa shape index (κ1) is 19.0. The smallest absolute Gasteiger partial charge is 0.273 e. The van der Waals surface area contributed by atoms with Crippen LogP contribution in [0.2, 0.25) is 10.0 Å². The highest BCUT2D eigenvalue weighted by molar-refractivity contribution is 8.14. The highest BCUT2D eigenvalue weighted by atomic mass is 35.5. The number of carbonyl (C=O) groups excluding carboxylic acids is 2. The number of amides is 2. The topological polar surface area (TPSA) is 74.8 Å². The van der Waals surface area contributed by atoms with Gasteiger partial charge in [0.1, 0.15) is 4.90 Å². The maximum Gasteiger partial charge on any atom is 0.289 e. The molecule has 25 heavy (non-hydrogen) atoms. The zero-order valence-corrected chi connectivity index (χ0v) is 16.5. The highest BCUT2D eigenvalue weighted by Crippen LogP contribution is 2.33. The highest BCUT2D eigenvalue weighted by Gasteiger charge is 2.39. The van der Waals surface area contributed by atoms with Gasteiger partial charge in [0.15, 0.2) is 0 Å². The molecule has 0 spiro atoms. The fraction of sp³-hybridized carbons (Fsp3) is 0.467. The third kappa shape index (κ3) is 3.55. The van der Waals surface area contributed by atoms with E-state index in [2.05, 4.69) is 0 Å². The summed E-state index contributed by atoms with van der Waals surface area (Å²) in [5.74, 6) is -0.0375. The first-order chi connectivity index (χ1) is 11.7. The van der Waals surface area contributed by atoms with Crippen LogP contribution in [0, 0.1) is 6.92 Å². The number of sulfonamides is 1. The molecule has 1 aromatic rings. The van der Waals surface area contributed by atoms with Crippen molar-refractivity contribution < 1.29 is 18.0 Å². The number of rotatable bonds is 3. The average Bonchev–Trinajstić information content (AvgIpc) is 2.89. The van der Waals surface area contributed by atoms with Crippen LogP contribution in [-0.4, -0.2) is 53.7 Å². The summed E-state index contributed by atoms with van der Waals surface area (Å²) in [4.78, 5) is 24.9. The van der Waals surface area contributed by atoms with Crippen molar-refractivity contribution in [2.75, 3.05) is 18.8 Å². The van der Waals surface area contributed by atoms with Gasteiger partial charge in [0.25, 0.3) is 5.24 Å². The van der Waals surface area contributed by atoms with E-state index in [0.717, 1.165) is 11.8 Å². The Morgan fingerprint density at radius 3 is 2.32 bits per heavy atom. The van der Waals surface area contributed by atoms with E-state index in [1.807, 2.05) is 0 Å². The molecule has 0 radical (unpaired) electrons. The number of imide groups is 1. The van der Waals surface area contributed by atoms with E-state index in [-0.39, 0.29) is 45.9 Å². The molecule has 10 heteroatoms. The minimum Gasteiger partial charge on any atom is -0.273 e. The van der Waals surface area contributed by atoms with Crippen molar-refractivity contribution in [1.29, 1.82) is 0 Å². The number of halogens is 2. The van der Waals surface area contributed by atoms with E-state index < -0.39 is 10.0 Å². The van der Waals surface area contributed by atoms with Gasteiger partial charge in [0.2, 0.25) is 15.9 Å². The molecule has 1 aromatic carbocycles. The van der Waals surface area contributed by atoms with Crippen molar-refractivity contribution in [1.82, 2.24) is 9.21 Å². The van der Waals surface area contributed by atoms with Crippen LogP contribution in [-0.2, 0) is 14.8 Å². The van der Waals surface area contributed by atoms with Gasteiger partial charge in [-0.3, -0.25) is 14.5 Å². The zero-order valence-electron chi connectivity index (χ0n) is 13.4. The fourth-order valence-electron chi connectivity index (χ4n) is 3.03. The van der Waals surface area contributed by atoms with E-state index in [9.17, 15) is 18.0 Å². The van der Waals surface area contributed by atoms with Gasteiger partial charge in [-0.05, 0) is 37.5 Å². The summed E-state index contributed by atoms with van der Waals surface area (Å²) < 4.78 is 27.1. The molecule has 2 fully saturated rings. The number of carbonyl (C=O) groups is 2. The van der Waals surface area contributed by atoms with E-state index in [1.165, 1.54) is 21.3 Å². The summed E-state index contributed by atoms with van der Waals surface area (Å²) in [6, 6.07) is 2.65. The molecule has 2 aliphatic rings. The van der Waals surface area contributed by atoms with Gasteiger partial charge in [-0.1, -0.05) is 35.0 Å². The lowest BCUT2D eigenvalue weighted by Gasteiger charge is -2.34. The van der Waals surface area contributed by atoms with E-state index in [4.69, 9.17) is 23.2 Å². The number of piperidine rings is 1. The van der Waals surface area contributed by atoms with Crippen LogP contribution in [0.4, 0.5) is 4.79 Å². The Labute approximate surface area is 160 Å². The number of aryl methyl sites for hydroxylation is 1. The molecule has 2 aliphatic heterocycles. The molecule has 3 rings (SSSR count). The molecule has 2 saturated heterocycles. The lowest BCUT2D eigenvalue weighted by atomic mass is 10.1. The Morgan fingerprint density at radius 2 is 1.76 bits per heavy atom. The molecule has 0 saturated carbocycles. The fourth-order valence-corrected chi connectivity index (χ4v) is 6.08. The zero-order chi connectivity index (χ0) is 18.4. The second-order valence-electron chi connectivity index (χ2n) is 5.99. The molecule has 136 valence electrons. The van der Waals surface area contributed by atoms with Crippen molar-refractivity contribution >= 4 is 56.1 Å². The van der Waals surface area contributed by atoms with Crippen molar-refractivity contribution in [3.63, 3.8) is 0 Å². The lowest BCUT2D eigenvalue weighted by molar-refractivity contribution is -0.126. The van der Waals surface area contributed by atoms with Crippen molar-refractivity contribution in [2.45, 2.75) is 30.7 Å². The van der Waals surface area contributed by atoms with Crippen LogP contribution in [0.15, 0.2) is 17.0 Å². The third-order valence-corrected chi connectivity index (χ3v) is 8.01. The molecular weight excluding hydrogens is 407 g/mol. The minimum absolute atomic E-state index is 0.0263. The summed E-state index contributed by atoms with van der Waals surface area (Å²) >= 11 is 13.1. The molecule has 0 unspecified atom stereocenters. The SMILES string of the molecule is Cc1cc(S(=O)(=O)N2CCC(N3C(=O)CSC3=O)CC2)c(Cl)cc1Cl. The van der Waals surface area contributed by atoms with Gasteiger partial charge >= 0.3 is 0 Å². The Balaban J connectivity index is 1.77. The van der Waals surface area contributed by atoms with Gasteiger partial charge in [-0.25, -0.2) is 8.42 Å². The van der Waals surface area contributed by atoms with Crippen LogP contribution in [0.3, 0.4) is 0 Å². The van der Waals surface area contributed by atoms with Gasteiger partial charge in [0.05, 0.1) is 10.8 Å². The molecule has 0 atom stereocenters. The quantitative estimate of drug-likeness (QED) is 0.747. The predicted octanol–water partition coefficient (Wildman–Crippen LogP) is 3.15. The molecule has 2 heterocycles. The summed E-state index contributed by atoms with van der Waals surface area (Å²) in [6.07, 6.45) is 0.836. The number of thioether (sulfide) groups is 1. The predicted molar refractivity (Wildman–Crippen MR) is 97.7 cm³/mol. The molecule has 0 bridgehead atoms. The monoisotopic (exact) mass is 422 g/mol. The van der Waals surface area contributed by atoms with Crippen LogP contribution >= 0.6 is 35.0 Å². The number of hydrogen-bond donors (Lipinski definition) is 0. The van der Waals surface area contributed by atoms with Crippen molar-refractivity contribution in [2.24, 2.45) is 0 Å². The summed E-state index contributed by atoms with van der Waals surface area (Å²) in [5.41, 5.74) is 0.629. The standard InChI is InChI=1S/C15H16Cl2N2O4S2/c1-9-6-13(12(17)7-11(9)16)25(22,23)18-4-2-10(3-5-18)19-14(20)8-24-15(19)21/h6-7,10H,2-5,8H2,1H3. The van der Waals surface area contributed by atoms with E-state index >= 15 is 0 Å². The average molecular weight is 423 g/mol. The minimum atomic E-state index is -3.76. The van der Waals surface area contributed by atoms with Gasteiger partial charge < -0.3 is 0 Å². The lowest BCUT2D eigenvalue weighted by Crippen LogP contribution is -2.48. The second-order valence-corrected chi connectivity index (χ2v) is 9.63. The first-order valence-corrected chi connectivity index (χ1v) is 10.8. The number of hydrogen-bond acceptors (Lipinski definition) is 5. The molecular formula is C15H16Cl2N2O4S2. The summed E-state index contributed by atoms with van der Waals surface area (Å²) in [7, 11) is -3.76. The molecule has 0 aromatic heterocycles. The molecule has 0 N–H and O–H groups in total. The molecule has 0 aliphatic carbocycles. The van der Waals surface area contributed by atoms with Gasteiger partial charge in [-0.2, -0.15) is 4.31 Å². The Bertz CT molecular complexity index is 820. The second kappa shape index (κ2) is 7.08. The van der Waals surface area contributed by atoms with Crippen LogP contribution in [0.1, 0.15) is 18.4 Å². The normalized spacial score (nSPS) is 20.5. The third-order valence-electron chi connectivity index (χ3n) is 4.40. The first-order valence-electron chi connectivity index (χ1n) is 7.66.